The number of aryl methyl sites for hydroxylation is 1. The molecule has 3 aromatic carbocycles. The molecule has 0 saturated heterocycles. The van der Waals surface area contributed by atoms with E-state index in [1.807, 2.05) is 49.4 Å². The minimum atomic E-state index is -0.718. The van der Waals surface area contributed by atoms with Gasteiger partial charge in [-0.05, 0) is 96.1 Å². The largest absolute Gasteiger partial charge is 0.354 e. The van der Waals surface area contributed by atoms with Gasteiger partial charge >= 0.3 is 0 Å². The molecule has 2 aliphatic rings. The fourth-order valence-corrected chi connectivity index (χ4v) is 6.50. The normalized spacial score (nSPS) is 22.0. The second-order valence-electron chi connectivity index (χ2n) is 15.4. The zero-order valence-electron chi connectivity index (χ0n) is 28.5. The minimum Gasteiger partial charge on any atom is -0.354 e. The summed E-state index contributed by atoms with van der Waals surface area (Å²) in [5.74, 6) is 0.242. The summed E-state index contributed by atoms with van der Waals surface area (Å²) in [4.78, 5) is 40.6. The maximum atomic E-state index is 13.7. The van der Waals surface area contributed by atoms with Gasteiger partial charge < -0.3 is 16.0 Å². The van der Waals surface area contributed by atoms with Crippen LogP contribution in [0.4, 0.5) is 0 Å². The van der Waals surface area contributed by atoms with Crippen LogP contribution in [0.1, 0.15) is 106 Å². The maximum absolute atomic E-state index is 13.7. The molecular formula is C40H51N3O3. The third kappa shape index (κ3) is 7.89. The fourth-order valence-electron chi connectivity index (χ4n) is 6.50. The predicted octanol–water partition coefficient (Wildman–Crippen LogP) is 7.66. The molecule has 5 rings (SSSR count). The van der Waals surface area contributed by atoms with Gasteiger partial charge in [0.15, 0.2) is 0 Å². The van der Waals surface area contributed by atoms with Crippen LogP contribution in [0.5, 0.6) is 0 Å². The molecule has 3 amide bonds. The van der Waals surface area contributed by atoms with E-state index in [1.165, 1.54) is 5.56 Å². The Kier molecular flexibility index (Phi) is 9.76. The second-order valence-corrected chi connectivity index (χ2v) is 15.4. The molecule has 3 aromatic rings. The lowest BCUT2D eigenvalue weighted by molar-refractivity contribution is -0.137. The molecule has 2 saturated carbocycles. The summed E-state index contributed by atoms with van der Waals surface area (Å²) >= 11 is 0. The molecule has 0 unspecified atom stereocenters. The Bertz CT molecular complexity index is 1540. The molecule has 1 atom stereocenters. The van der Waals surface area contributed by atoms with Gasteiger partial charge in [0.05, 0.1) is 0 Å². The number of carbonyl (C=O) groups excluding carboxylic acids is 3. The third-order valence-corrected chi connectivity index (χ3v) is 10.3. The summed E-state index contributed by atoms with van der Waals surface area (Å²) in [6.07, 6.45) is 5.28. The van der Waals surface area contributed by atoms with Crippen molar-refractivity contribution in [1.82, 2.24) is 16.0 Å². The highest BCUT2D eigenvalue weighted by atomic mass is 16.2. The van der Waals surface area contributed by atoms with Gasteiger partial charge in [0.2, 0.25) is 11.8 Å². The van der Waals surface area contributed by atoms with Crippen molar-refractivity contribution >= 4 is 17.7 Å². The maximum Gasteiger partial charge on any atom is 0.251 e. The molecular weight excluding hydrogens is 570 g/mol. The van der Waals surface area contributed by atoms with E-state index in [0.29, 0.717) is 37.4 Å². The summed E-state index contributed by atoms with van der Waals surface area (Å²) in [7, 11) is 0. The highest BCUT2D eigenvalue weighted by Crippen LogP contribution is 2.45. The lowest BCUT2D eigenvalue weighted by Crippen LogP contribution is -2.49. The van der Waals surface area contributed by atoms with E-state index in [0.717, 1.165) is 47.9 Å². The number of hydrogen-bond donors (Lipinski definition) is 3. The lowest BCUT2D eigenvalue weighted by Gasteiger charge is -2.42. The van der Waals surface area contributed by atoms with Crippen LogP contribution in [-0.4, -0.2) is 30.8 Å². The molecule has 0 radical (unpaired) electrons. The van der Waals surface area contributed by atoms with Crippen LogP contribution in [0.3, 0.4) is 0 Å². The first-order valence-corrected chi connectivity index (χ1v) is 16.9. The van der Waals surface area contributed by atoms with Crippen LogP contribution >= 0.6 is 0 Å². The van der Waals surface area contributed by atoms with Gasteiger partial charge in [0.25, 0.3) is 5.91 Å². The predicted molar refractivity (Wildman–Crippen MR) is 185 cm³/mol. The monoisotopic (exact) mass is 621 g/mol. The van der Waals surface area contributed by atoms with Crippen molar-refractivity contribution in [2.75, 3.05) is 13.1 Å². The number of rotatable bonds is 10. The zero-order chi connectivity index (χ0) is 33.1. The number of amides is 3. The molecule has 0 heterocycles. The topological polar surface area (TPSA) is 87.3 Å². The van der Waals surface area contributed by atoms with Crippen LogP contribution in [0.2, 0.25) is 0 Å². The Morgan fingerprint density at radius 1 is 0.826 bits per heavy atom. The molecule has 3 N–H and O–H groups in total. The highest BCUT2D eigenvalue weighted by Gasteiger charge is 2.43. The van der Waals surface area contributed by atoms with Gasteiger partial charge in [0, 0.05) is 24.1 Å². The molecule has 46 heavy (non-hydrogen) atoms. The molecule has 0 bridgehead atoms. The van der Waals surface area contributed by atoms with Crippen molar-refractivity contribution in [3.8, 4) is 11.1 Å². The van der Waals surface area contributed by atoms with Crippen LogP contribution < -0.4 is 16.0 Å². The standard InChI is InChI=1S/C40H51N3O3/c1-27-11-10-14-32(33(27)29-17-19-31(20-18-29)38(2,3)4)35(44)42-26-39(5)21-23-40(6,24-22-39)37(46)43-34(30-12-8-7-9-13-30)36(45)41-25-28-15-16-28/h7-14,17-20,28,34H,15-16,21-26H2,1-6H3,(H,41,45)(H,42,44)(H,43,46)/t34-,39?,40?/m0/s1. The van der Waals surface area contributed by atoms with E-state index >= 15 is 0 Å². The van der Waals surface area contributed by atoms with E-state index in [2.05, 4.69) is 80.9 Å². The Labute approximate surface area is 275 Å². The second kappa shape index (κ2) is 13.4. The molecule has 0 aromatic heterocycles. The summed E-state index contributed by atoms with van der Waals surface area (Å²) in [6, 6.07) is 23.2. The van der Waals surface area contributed by atoms with Gasteiger partial charge in [-0.1, -0.05) is 101 Å². The molecule has 244 valence electrons. The van der Waals surface area contributed by atoms with E-state index < -0.39 is 11.5 Å². The number of benzene rings is 3. The quantitative estimate of drug-likeness (QED) is 0.217. The molecule has 2 fully saturated rings. The first kappa shape index (κ1) is 33.4. The van der Waals surface area contributed by atoms with Crippen molar-refractivity contribution < 1.29 is 14.4 Å². The molecule has 6 nitrogen and oxygen atoms in total. The van der Waals surface area contributed by atoms with E-state index in [9.17, 15) is 14.4 Å². The van der Waals surface area contributed by atoms with Crippen LogP contribution in [0, 0.1) is 23.7 Å². The molecule has 2 aliphatic carbocycles. The molecule has 0 spiro atoms. The van der Waals surface area contributed by atoms with Crippen molar-refractivity contribution in [1.29, 1.82) is 0 Å². The van der Waals surface area contributed by atoms with Crippen molar-refractivity contribution in [3.63, 3.8) is 0 Å². The van der Waals surface area contributed by atoms with Crippen molar-refractivity contribution in [3.05, 3.63) is 95.1 Å². The SMILES string of the molecule is Cc1cccc(C(=O)NCC2(C)CCC(C)(C(=O)N[C@H](C(=O)NCC3CC3)c3ccccc3)CC2)c1-c1ccc(C(C)(C)C)cc1. The number of hydrogen-bond acceptors (Lipinski definition) is 3. The minimum absolute atomic E-state index is 0.0600. The average molecular weight is 622 g/mol. The fraction of sp³-hybridized carbons (Fsp3) is 0.475. The summed E-state index contributed by atoms with van der Waals surface area (Å²) in [6.45, 7) is 14.1. The smallest absolute Gasteiger partial charge is 0.251 e. The van der Waals surface area contributed by atoms with Gasteiger partial charge in [-0.3, -0.25) is 14.4 Å². The van der Waals surface area contributed by atoms with Crippen LogP contribution in [0.15, 0.2) is 72.8 Å². The van der Waals surface area contributed by atoms with Gasteiger partial charge in [-0.25, -0.2) is 0 Å². The third-order valence-electron chi connectivity index (χ3n) is 10.3. The number of carbonyl (C=O) groups is 3. The van der Waals surface area contributed by atoms with Gasteiger partial charge in [-0.15, -0.1) is 0 Å². The molecule has 6 heteroatoms. The van der Waals surface area contributed by atoms with E-state index in [-0.39, 0.29) is 28.6 Å². The Morgan fingerprint density at radius 2 is 1.48 bits per heavy atom. The first-order valence-electron chi connectivity index (χ1n) is 16.9. The van der Waals surface area contributed by atoms with Crippen LogP contribution in [0.25, 0.3) is 11.1 Å². The summed E-state index contributed by atoms with van der Waals surface area (Å²) < 4.78 is 0. The van der Waals surface area contributed by atoms with Crippen molar-refractivity contribution in [2.45, 2.75) is 91.5 Å². The Balaban J connectivity index is 1.21. The van der Waals surface area contributed by atoms with Crippen LogP contribution in [-0.2, 0) is 15.0 Å². The summed E-state index contributed by atoms with van der Waals surface area (Å²) in [5, 5.41) is 9.40. The lowest BCUT2D eigenvalue weighted by atomic mass is 9.64. The van der Waals surface area contributed by atoms with Gasteiger partial charge in [-0.2, -0.15) is 0 Å². The molecule has 0 aliphatic heterocycles. The van der Waals surface area contributed by atoms with E-state index in [1.54, 1.807) is 0 Å². The van der Waals surface area contributed by atoms with Gasteiger partial charge in [0.1, 0.15) is 6.04 Å². The number of nitrogens with one attached hydrogen (secondary N) is 3. The zero-order valence-corrected chi connectivity index (χ0v) is 28.5. The average Bonchev–Trinajstić information content (AvgIpc) is 3.87. The summed E-state index contributed by atoms with van der Waals surface area (Å²) in [5.41, 5.74) is 5.14. The Morgan fingerprint density at radius 3 is 2.09 bits per heavy atom. The highest BCUT2D eigenvalue weighted by molar-refractivity contribution is 6.01. The first-order chi connectivity index (χ1) is 21.8. The van der Waals surface area contributed by atoms with Crippen molar-refractivity contribution in [2.24, 2.45) is 16.7 Å². The van der Waals surface area contributed by atoms with E-state index in [4.69, 9.17) is 0 Å². The Hall–Kier alpha value is -3.93.